The molecule has 0 radical (unpaired) electrons. The molecule has 1 aliphatic heterocycles. The zero-order valence-corrected chi connectivity index (χ0v) is 17.3. The Morgan fingerprint density at radius 1 is 1.00 bits per heavy atom. The second kappa shape index (κ2) is 7.91. The van der Waals surface area contributed by atoms with Gasteiger partial charge < -0.3 is 15.5 Å². The van der Waals surface area contributed by atoms with Gasteiger partial charge in [0.25, 0.3) is 0 Å². The van der Waals surface area contributed by atoms with E-state index in [0.29, 0.717) is 32.1 Å². The molecule has 0 bridgehead atoms. The molecule has 1 aromatic heterocycles. The van der Waals surface area contributed by atoms with E-state index in [1.54, 1.807) is 24.3 Å². The fraction of sp³-hybridized carbons (Fsp3) is 0.238. The van der Waals surface area contributed by atoms with E-state index in [1.165, 1.54) is 24.4 Å². The van der Waals surface area contributed by atoms with Crippen LogP contribution in [0.2, 0.25) is 0 Å². The molecule has 156 valence electrons. The van der Waals surface area contributed by atoms with Gasteiger partial charge in [-0.1, -0.05) is 12.1 Å². The van der Waals surface area contributed by atoms with Crippen molar-refractivity contribution in [2.45, 2.75) is 16.7 Å². The van der Waals surface area contributed by atoms with Crippen LogP contribution in [0.4, 0.5) is 21.8 Å². The second-order valence-electron chi connectivity index (χ2n) is 7.19. The van der Waals surface area contributed by atoms with Crippen LogP contribution in [0.15, 0.2) is 64.5 Å². The SMILES string of the molecule is Cc1cccc(S(=O)(=O)c2cnc(N3CCN(c4ccc(F)cc4)CC3)nc2N)c1. The third-order valence-corrected chi connectivity index (χ3v) is 6.88. The van der Waals surface area contributed by atoms with E-state index in [4.69, 9.17) is 5.73 Å². The van der Waals surface area contributed by atoms with Gasteiger partial charge in [-0.2, -0.15) is 4.98 Å². The lowest BCUT2D eigenvalue weighted by Gasteiger charge is -2.36. The highest BCUT2D eigenvalue weighted by Gasteiger charge is 2.25. The number of benzene rings is 2. The van der Waals surface area contributed by atoms with Crippen LogP contribution >= 0.6 is 0 Å². The molecule has 0 amide bonds. The van der Waals surface area contributed by atoms with Gasteiger partial charge in [0.15, 0.2) is 0 Å². The van der Waals surface area contributed by atoms with E-state index in [-0.39, 0.29) is 21.4 Å². The van der Waals surface area contributed by atoms with Crippen LogP contribution in [-0.4, -0.2) is 44.6 Å². The van der Waals surface area contributed by atoms with Crippen molar-refractivity contribution in [3.8, 4) is 0 Å². The number of nitrogens with two attached hydrogens (primary N) is 1. The number of aryl methyl sites for hydroxylation is 1. The molecule has 1 fully saturated rings. The first-order chi connectivity index (χ1) is 14.3. The van der Waals surface area contributed by atoms with Crippen LogP contribution in [0.25, 0.3) is 0 Å². The topological polar surface area (TPSA) is 92.4 Å². The molecule has 3 aromatic rings. The molecule has 0 aliphatic carbocycles. The number of hydrogen-bond donors (Lipinski definition) is 1. The minimum atomic E-state index is -3.80. The number of sulfone groups is 1. The monoisotopic (exact) mass is 427 g/mol. The van der Waals surface area contributed by atoms with Gasteiger partial charge in [-0.25, -0.2) is 17.8 Å². The molecular formula is C21H22FN5O2S. The zero-order valence-electron chi connectivity index (χ0n) is 16.5. The third kappa shape index (κ3) is 3.93. The lowest BCUT2D eigenvalue weighted by atomic mass is 10.2. The molecule has 7 nitrogen and oxygen atoms in total. The molecule has 0 atom stereocenters. The molecular weight excluding hydrogens is 405 g/mol. The van der Waals surface area contributed by atoms with Gasteiger partial charge in [0.05, 0.1) is 11.1 Å². The lowest BCUT2D eigenvalue weighted by molar-refractivity contribution is 0.595. The van der Waals surface area contributed by atoms with Gasteiger partial charge in [-0.05, 0) is 48.9 Å². The van der Waals surface area contributed by atoms with Crippen molar-refractivity contribution >= 4 is 27.3 Å². The summed E-state index contributed by atoms with van der Waals surface area (Å²) in [5.41, 5.74) is 7.81. The summed E-state index contributed by atoms with van der Waals surface area (Å²) >= 11 is 0. The lowest BCUT2D eigenvalue weighted by Crippen LogP contribution is -2.47. The largest absolute Gasteiger partial charge is 0.382 e. The van der Waals surface area contributed by atoms with Crippen LogP contribution < -0.4 is 15.5 Å². The Balaban J connectivity index is 1.51. The zero-order chi connectivity index (χ0) is 21.3. The van der Waals surface area contributed by atoms with Crippen molar-refractivity contribution in [1.29, 1.82) is 0 Å². The van der Waals surface area contributed by atoms with Crippen molar-refractivity contribution in [2.24, 2.45) is 0 Å². The van der Waals surface area contributed by atoms with E-state index >= 15 is 0 Å². The molecule has 0 unspecified atom stereocenters. The standard InChI is InChI=1S/C21H22FN5O2S/c1-15-3-2-4-18(13-15)30(28,29)19-14-24-21(25-20(19)23)27-11-9-26(10-12-27)17-7-5-16(22)6-8-17/h2-8,13-14H,9-12H2,1H3,(H2,23,24,25). The number of aromatic nitrogens is 2. The van der Waals surface area contributed by atoms with Crippen molar-refractivity contribution in [3.63, 3.8) is 0 Å². The highest BCUT2D eigenvalue weighted by Crippen LogP contribution is 2.26. The number of nitrogen functional groups attached to an aromatic ring is 1. The molecule has 9 heteroatoms. The van der Waals surface area contributed by atoms with Gasteiger partial charge in [0, 0.05) is 31.9 Å². The third-order valence-electron chi connectivity index (χ3n) is 5.11. The fourth-order valence-corrected chi connectivity index (χ4v) is 4.82. The van der Waals surface area contributed by atoms with E-state index in [1.807, 2.05) is 17.9 Å². The molecule has 0 saturated carbocycles. The van der Waals surface area contributed by atoms with Crippen LogP contribution in [0.3, 0.4) is 0 Å². The highest BCUT2D eigenvalue weighted by atomic mass is 32.2. The maximum atomic E-state index is 13.1. The number of rotatable bonds is 4. The average molecular weight is 428 g/mol. The van der Waals surface area contributed by atoms with E-state index in [0.717, 1.165) is 11.3 Å². The molecule has 30 heavy (non-hydrogen) atoms. The molecule has 4 rings (SSSR count). The summed E-state index contributed by atoms with van der Waals surface area (Å²) in [5.74, 6) is 0.0684. The molecule has 1 saturated heterocycles. The van der Waals surface area contributed by atoms with Crippen LogP contribution in [0.5, 0.6) is 0 Å². The van der Waals surface area contributed by atoms with Gasteiger partial charge in [-0.3, -0.25) is 0 Å². The summed E-state index contributed by atoms with van der Waals surface area (Å²) in [6, 6.07) is 13.0. The Hall–Kier alpha value is -3.20. The van der Waals surface area contributed by atoms with Gasteiger partial charge >= 0.3 is 0 Å². The first-order valence-corrected chi connectivity index (χ1v) is 11.0. The van der Waals surface area contributed by atoms with Crippen LogP contribution in [0.1, 0.15) is 5.56 Å². The summed E-state index contributed by atoms with van der Waals surface area (Å²) in [6.45, 7) is 4.52. The summed E-state index contributed by atoms with van der Waals surface area (Å²) in [7, 11) is -3.80. The normalized spacial score (nSPS) is 14.7. The number of hydrogen-bond acceptors (Lipinski definition) is 7. The Kier molecular flexibility index (Phi) is 5.29. The number of halogens is 1. The Labute approximate surface area is 174 Å². The van der Waals surface area contributed by atoms with Crippen molar-refractivity contribution < 1.29 is 12.8 Å². The van der Waals surface area contributed by atoms with Crippen LogP contribution in [0, 0.1) is 12.7 Å². The maximum absolute atomic E-state index is 13.1. The minimum absolute atomic E-state index is 0.0672. The molecule has 0 spiro atoms. The summed E-state index contributed by atoms with van der Waals surface area (Å²) < 4.78 is 38.9. The van der Waals surface area contributed by atoms with Gasteiger partial charge in [-0.15, -0.1) is 0 Å². The minimum Gasteiger partial charge on any atom is -0.382 e. The molecule has 2 heterocycles. The summed E-state index contributed by atoms with van der Waals surface area (Å²) in [5, 5.41) is 0. The van der Waals surface area contributed by atoms with Gasteiger partial charge in [0.1, 0.15) is 16.5 Å². The predicted octanol–water partition coefficient (Wildman–Crippen LogP) is 2.67. The molecule has 2 N–H and O–H groups in total. The highest BCUT2D eigenvalue weighted by molar-refractivity contribution is 7.91. The van der Waals surface area contributed by atoms with Crippen LogP contribution in [-0.2, 0) is 9.84 Å². The Morgan fingerprint density at radius 3 is 2.30 bits per heavy atom. The number of anilines is 3. The second-order valence-corrected chi connectivity index (χ2v) is 9.11. The Bertz CT molecular complexity index is 1160. The molecule has 1 aliphatic rings. The summed E-state index contributed by atoms with van der Waals surface area (Å²) in [4.78, 5) is 12.7. The van der Waals surface area contributed by atoms with E-state index < -0.39 is 9.84 Å². The number of piperazine rings is 1. The quantitative estimate of drug-likeness (QED) is 0.684. The van der Waals surface area contributed by atoms with Crippen molar-refractivity contribution in [1.82, 2.24) is 9.97 Å². The fourth-order valence-electron chi connectivity index (χ4n) is 3.46. The number of nitrogens with zero attached hydrogens (tertiary/aromatic N) is 4. The smallest absolute Gasteiger partial charge is 0.227 e. The van der Waals surface area contributed by atoms with Crippen molar-refractivity contribution in [3.05, 3.63) is 66.1 Å². The maximum Gasteiger partial charge on any atom is 0.227 e. The average Bonchev–Trinajstić information content (AvgIpc) is 2.74. The predicted molar refractivity (Wildman–Crippen MR) is 114 cm³/mol. The Morgan fingerprint density at radius 2 is 1.67 bits per heavy atom. The van der Waals surface area contributed by atoms with Crippen molar-refractivity contribution in [2.75, 3.05) is 41.7 Å². The first kappa shape index (κ1) is 20.1. The molecule has 2 aromatic carbocycles. The first-order valence-electron chi connectivity index (χ1n) is 9.54. The van der Waals surface area contributed by atoms with Gasteiger partial charge in [0.2, 0.25) is 15.8 Å². The van der Waals surface area contributed by atoms with E-state index in [2.05, 4.69) is 14.9 Å². The van der Waals surface area contributed by atoms with E-state index in [9.17, 15) is 12.8 Å². The summed E-state index contributed by atoms with van der Waals surface area (Å²) in [6.07, 6.45) is 1.28.